The minimum atomic E-state index is -0.251. The molecule has 0 fully saturated rings. The molecule has 0 amide bonds. The van der Waals surface area contributed by atoms with Gasteiger partial charge in [0.1, 0.15) is 17.2 Å². The zero-order chi connectivity index (χ0) is 18.1. The van der Waals surface area contributed by atoms with Gasteiger partial charge in [-0.05, 0) is 37.5 Å². The number of fused-ring (bicyclic) bond motifs is 1. The van der Waals surface area contributed by atoms with Gasteiger partial charge < -0.3 is 9.55 Å². The van der Waals surface area contributed by atoms with Crippen LogP contribution in [-0.2, 0) is 13.0 Å². The van der Waals surface area contributed by atoms with E-state index in [-0.39, 0.29) is 5.82 Å². The number of pyridine rings is 1. The van der Waals surface area contributed by atoms with Crippen molar-refractivity contribution < 1.29 is 4.39 Å². The number of H-pyrrole nitrogens is 1. The van der Waals surface area contributed by atoms with Gasteiger partial charge in [-0.25, -0.2) is 14.4 Å². The lowest BCUT2D eigenvalue weighted by Gasteiger charge is -2.15. The molecule has 26 heavy (non-hydrogen) atoms. The Labute approximate surface area is 151 Å². The van der Waals surface area contributed by atoms with Crippen LogP contribution in [0.5, 0.6) is 0 Å². The molecule has 0 bridgehead atoms. The van der Waals surface area contributed by atoms with E-state index >= 15 is 0 Å². The summed E-state index contributed by atoms with van der Waals surface area (Å²) < 4.78 is 16.3. The average Bonchev–Trinajstić information content (AvgIpc) is 3.27. The molecule has 1 atom stereocenters. The molecular formula is C20H20FN5. The molecule has 0 aliphatic carbocycles. The lowest BCUT2D eigenvalue weighted by molar-refractivity contribution is 0.478. The second kappa shape index (κ2) is 6.71. The number of nitrogens with zero attached hydrogens (tertiary/aromatic N) is 4. The molecule has 0 saturated carbocycles. The Hall–Kier alpha value is -3.02. The highest BCUT2D eigenvalue weighted by atomic mass is 19.1. The molecule has 4 aromatic rings. The number of rotatable bonds is 5. The summed E-state index contributed by atoms with van der Waals surface area (Å²) in [5, 5.41) is 0. The fourth-order valence-electron chi connectivity index (χ4n) is 3.32. The van der Waals surface area contributed by atoms with Crippen LogP contribution >= 0.6 is 0 Å². The molecule has 0 saturated heterocycles. The van der Waals surface area contributed by atoms with E-state index < -0.39 is 0 Å². The average molecular weight is 349 g/mol. The highest BCUT2D eigenvalue weighted by Gasteiger charge is 2.15. The van der Waals surface area contributed by atoms with Crippen molar-refractivity contribution in [2.75, 3.05) is 0 Å². The molecule has 5 nitrogen and oxygen atoms in total. The molecule has 0 radical (unpaired) electrons. The Balaban J connectivity index is 1.58. The summed E-state index contributed by atoms with van der Waals surface area (Å²) in [6, 6.07) is 7.02. The Morgan fingerprint density at radius 2 is 2.04 bits per heavy atom. The van der Waals surface area contributed by atoms with Crippen molar-refractivity contribution in [3.05, 3.63) is 66.3 Å². The Kier molecular flexibility index (Phi) is 4.24. The van der Waals surface area contributed by atoms with Crippen LogP contribution in [0.4, 0.5) is 4.39 Å². The summed E-state index contributed by atoms with van der Waals surface area (Å²) in [6.45, 7) is 4.84. The number of aromatic nitrogens is 5. The van der Waals surface area contributed by atoms with Gasteiger partial charge in [-0.15, -0.1) is 0 Å². The molecule has 0 aliphatic rings. The first-order chi connectivity index (χ1) is 12.6. The molecule has 1 N–H and O–H groups in total. The zero-order valence-corrected chi connectivity index (χ0v) is 14.8. The summed E-state index contributed by atoms with van der Waals surface area (Å²) in [5.41, 5.74) is 4.43. The highest BCUT2D eigenvalue weighted by Crippen LogP contribution is 2.24. The number of imidazole rings is 2. The van der Waals surface area contributed by atoms with Crippen molar-refractivity contribution in [1.29, 1.82) is 0 Å². The van der Waals surface area contributed by atoms with Gasteiger partial charge in [0.25, 0.3) is 0 Å². The highest BCUT2D eigenvalue weighted by molar-refractivity contribution is 5.76. The molecule has 1 unspecified atom stereocenters. The summed E-state index contributed by atoms with van der Waals surface area (Å²) in [6.07, 6.45) is 7.89. The van der Waals surface area contributed by atoms with Gasteiger partial charge in [0, 0.05) is 25.1 Å². The van der Waals surface area contributed by atoms with Crippen molar-refractivity contribution in [1.82, 2.24) is 24.5 Å². The first kappa shape index (κ1) is 16.4. The fraction of sp³-hybridized carbons (Fsp3) is 0.250. The predicted octanol–water partition coefficient (Wildman–Crippen LogP) is 4.15. The minimum Gasteiger partial charge on any atom is -0.344 e. The van der Waals surface area contributed by atoms with Gasteiger partial charge in [0.05, 0.1) is 23.1 Å². The minimum absolute atomic E-state index is 0.251. The van der Waals surface area contributed by atoms with Crippen LogP contribution < -0.4 is 0 Å². The summed E-state index contributed by atoms with van der Waals surface area (Å²) in [5.74, 6) is 0.702. The van der Waals surface area contributed by atoms with E-state index in [1.54, 1.807) is 24.8 Å². The molecule has 0 aliphatic heterocycles. The van der Waals surface area contributed by atoms with Gasteiger partial charge in [0.2, 0.25) is 0 Å². The first-order valence-electron chi connectivity index (χ1n) is 8.66. The topological polar surface area (TPSA) is 59.4 Å². The molecule has 3 aromatic heterocycles. The SMILES string of the molecule is Cc1ccc(F)c(-c2nccn2CC(C)Cc2nccc3[nH]cnc23)c1. The molecule has 0 spiro atoms. The number of nitrogens with one attached hydrogen (secondary N) is 1. The van der Waals surface area contributed by atoms with Crippen LogP contribution in [0, 0.1) is 18.7 Å². The van der Waals surface area contributed by atoms with Crippen molar-refractivity contribution in [2.24, 2.45) is 5.92 Å². The van der Waals surface area contributed by atoms with E-state index in [4.69, 9.17) is 0 Å². The third kappa shape index (κ3) is 3.10. The largest absolute Gasteiger partial charge is 0.344 e. The van der Waals surface area contributed by atoms with Gasteiger partial charge >= 0.3 is 0 Å². The lowest BCUT2D eigenvalue weighted by atomic mass is 10.0. The number of benzene rings is 1. The standard InChI is InChI=1S/C20H20FN5/c1-13-3-4-16(21)15(9-13)20-23-7-8-26(20)11-14(2)10-18-19-17(5-6-22-18)24-12-25-19/h3-9,12,14H,10-11H2,1-2H3,(H,24,25). The third-order valence-corrected chi connectivity index (χ3v) is 4.54. The Morgan fingerprint density at radius 3 is 2.92 bits per heavy atom. The van der Waals surface area contributed by atoms with E-state index in [1.807, 2.05) is 29.8 Å². The van der Waals surface area contributed by atoms with Crippen LogP contribution in [0.3, 0.4) is 0 Å². The van der Waals surface area contributed by atoms with Crippen molar-refractivity contribution in [2.45, 2.75) is 26.8 Å². The Bertz CT molecular complexity index is 1050. The van der Waals surface area contributed by atoms with E-state index in [0.717, 1.165) is 35.3 Å². The molecule has 6 heteroatoms. The van der Waals surface area contributed by atoms with E-state index in [0.29, 0.717) is 17.3 Å². The maximum Gasteiger partial charge on any atom is 0.142 e. The third-order valence-electron chi connectivity index (χ3n) is 4.54. The number of halogens is 1. The number of aromatic amines is 1. The number of hydrogen-bond donors (Lipinski definition) is 1. The summed E-state index contributed by atoms with van der Waals surface area (Å²) >= 11 is 0. The monoisotopic (exact) mass is 349 g/mol. The molecule has 132 valence electrons. The van der Waals surface area contributed by atoms with E-state index in [2.05, 4.69) is 26.9 Å². The first-order valence-corrected chi connectivity index (χ1v) is 8.66. The molecule has 3 heterocycles. The normalized spacial score (nSPS) is 12.6. The predicted molar refractivity (Wildman–Crippen MR) is 99.1 cm³/mol. The molecule has 4 rings (SSSR count). The van der Waals surface area contributed by atoms with Gasteiger partial charge in [0.15, 0.2) is 0 Å². The van der Waals surface area contributed by atoms with Gasteiger partial charge in [-0.3, -0.25) is 4.98 Å². The quantitative estimate of drug-likeness (QED) is 0.589. The zero-order valence-electron chi connectivity index (χ0n) is 14.8. The number of hydrogen-bond acceptors (Lipinski definition) is 3. The summed E-state index contributed by atoms with van der Waals surface area (Å²) in [4.78, 5) is 16.3. The second-order valence-corrected chi connectivity index (χ2v) is 6.75. The Morgan fingerprint density at radius 1 is 1.15 bits per heavy atom. The van der Waals surface area contributed by atoms with Crippen LogP contribution in [0.2, 0.25) is 0 Å². The maximum absolute atomic E-state index is 14.3. The van der Waals surface area contributed by atoms with Crippen LogP contribution in [0.25, 0.3) is 22.4 Å². The maximum atomic E-state index is 14.3. The second-order valence-electron chi connectivity index (χ2n) is 6.75. The summed E-state index contributed by atoms with van der Waals surface area (Å²) in [7, 11) is 0. The lowest BCUT2D eigenvalue weighted by Crippen LogP contribution is -2.12. The van der Waals surface area contributed by atoms with Crippen LogP contribution in [0.15, 0.2) is 49.2 Å². The molecular weight excluding hydrogens is 329 g/mol. The smallest absolute Gasteiger partial charge is 0.142 e. The number of aryl methyl sites for hydroxylation is 1. The van der Waals surface area contributed by atoms with Crippen molar-refractivity contribution >= 4 is 11.0 Å². The fourth-order valence-corrected chi connectivity index (χ4v) is 3.32. The van der Waals surface area contributed by atoms with Crippen molar-refractivity contribution in [3.8, 4) is 11.4 Å². The van der Waals surface area contributed by atoms with E-state index in [9.17, 15) is 4.39 Å². The van der Waals surface area contributed by atoms with Gasteiger partial charge in [-0.1, -0.05) is 18.6 Å². The van der Waals surface area contributed by atoms with E-state index in [1.165, 1.54) is 6.07 Å². The van der Waals surface area contributed by atoms with Crippen LogP contribution in [-0.4, -0.2) is 24.5 Å². The van der Waals surface area contributed by atoms with Gasteiger partial charge in [-0.2, -0.15) is 0 Å². The molecule has 1 aromatic carbocycles. The van der Waals surface area contributed by atoms with Crippen molar-refractivity contribution in [3.63, 3.8) is 0 Å². The van der Waals surface area contributed by atoms with Crippen LogP contribution in [0.1, 0.15) is 18.2 Å².